The molecular formula is C14H20N2O5S. The number of amides is 1. The lowest BCUT2D eigenvalue weighted by molar-refractivity contribution is -0.147. The maximum Gasteiger partial charge on any atom is 0.326 e. The number of nitrogens with two attached hydrogens (primary N) is 1. The highest BCUT2D eigenvalue weighted by atomic mass is 32.2. The smallest absolute Gasteiger partial charge is 0.326 e. The summed E-state index contributed by atoms with van der Waals surface area (Å²) in [4.78, 5) is 23.0. The van der Waals surface area contributed by atoms with E-state index in [1.807, 2.05) is 0 Å². The molecule has 0 unspecified atom stereocenters. The van der Waals surface area contributed by atoms with Gasteiger partial charge >= 0.3 is 5.97 Å². The van der Waals surface area contributed by atoms with Crippen LogP contribution in [0, 0.1) is 6.92 Å². The molecule has 1 amide bonds. The number of carbonyl (C=O) groups excluding carboxylic acids is 2. The monoisotopic (exact) mass is 328 g/mol. The summed E-state index contributed by atoms with van der Waals surface area (Å²) in [5, 5.41) is 0. The van der Waals surface area contributed by atoms with Gasteiger partial charge in [0.15, 0.2) is 0 Å². The van der Waals surface area contributed by atoms with Gasteiger partial charge in [-0.15, -0.1) is 0 Å². The van der Waals surface area contributed by atoms with Crippen molar-refractivity contribution in [1.82, 2.24) is 4.72 Å². The molecule has 0 heterocycles. The highest BCUT2D eigenvalue weighted by molar-refractivity contribution is 7.89. The minimum Gasteiger partial charge on any atom is -0.468 e. The number of carbonyl (C=O) groups is 2. The van der Waals surface area contributed by atoms with E-state index in [0.29, 0.717) is 5.56 Å². The Bertz CT molecular complexity index is 699. The van der Waals surface area contributed by atoms with Crippen LogP contribution < -0.4 is 10.5 Å². The van der Waals surface area contributed by atoms with Gasteiger partial charge in [-0.3, -0.25) is 9.59 Å². The predicted octanol–water partition coefficient (Wildman–Crippen LogP) is 0.714. The number of hydrogen-bond donors (Lipinski definition) is 2. The minimum absolute atomic E-state index is 0.110. The summed E-state index contributed by atoms with van der Waals surface area (Å²) >= 11 is 0. The van der Waals surface area contributed by atoms with E-state index in [4.69, 9.17) is 5.73 Å². The van der Waals surface area contributed by atoms with Crippen LogP contribution in [0.15, 0.2) is 23.1 Å². The molecule has 22 heavy (non-hydrogen) atoms. The van der Waals surface area contributed by atoms with Gasteiger partial charge in [-0.05, 0) is 38.0 Å². The Morgan fingerprint density at radius 3 is 2.41 bits per heavy atom. The molecule has 1 aromatic rings. The maximum atomic E-state index is 12.4. The van der Waals surface area contributed by atoms with Gasteiger partial charge < -0.3 is 10.5 Å². The van der Waals surface area contributed by atoms with Crippen LogP contribution in [-0.2, 0) is 19.6 Å². The number of sulfonamides is 1. The molecule has 8 heteroatoms. The second-order valence-electron chi connectivity index (χ2n) is 5.12. The Morgan fingerprint density at radius 2 is 1.95 bits per heavy atom. The highest BCUT2D eigenvalue weighted by Gasteiger charge is 2.37. The van der Waals surface area contributed by atoms with Gasteiger partial charge in [0.05, 0.1) is 12.0 Å². The molecule has 0 fully saturated rings. The Hall–Kier alpha value is -1.93. The van der Waals surface area contributed by atoms with Crippen molar-refractivity contribution in [1.29, 1.82) is 0 Å². The van der Waals surface area contributed by atoms with Crippen molar-refractivity contribution in [2.45, 2.75) is 37.6 Å². The maximum absolute atomic E-state index is 12.4. The fourth-order valence-corrected chi connectivity index (χ4v) is 3.33. The zero-order valence-electron chi connectivity index (χ0n) is 13.0. The minimum atomic E-state index is -4.02. The number of hydrogen-bond acceptors (Lipinski definition) is 5. The normalized spacial score (nSPS) is 14.2. The number of rotatable bonds is 6. The van der Waals surface area contributed by atoms with E-state index >= 15 is 0 Å². The SMILES string of the molecule is CC[C@](C)(NS(=O)(=O)c1ccc(C)c(C(N)=O)c1)C(=O)OC. The fraction of sp³-hybridized carbons (Fsp3) is 0.429. The number of ether oxygens (including phenoxy) is 1. The molecule has 1 atom stereocenters. The van der Waals surface area contributed by atoms with Gasteiger partial charge in [-0.2, -0.15) is 4.72 Å². The molecule has 1 aromatic carbocycles. The summed E-state index contributed by atoms with van der Waals surface area (Å²) in [7, 11) is -2.83. The van der Waals surface area contributed by atoms with Crippen LogP contribution in [0.2, 0.25) is 0 Å². The molecule has 3 N–H and O–H groups in total. The van der Waals surface area contributed by atoms with Crippen LogP contribution in [0.4, 0.5) is 0 Å². The Morgan fingerprint density at radius 1 is 1.36 bits per heavy atom. The van der Waals surface area contributed by atoms with E-state index in [0.717, 1.165) is 0 Å². The summed E-state index contributed by atoms with van der Waals surface area (Å²) in [6.07, 6.45) is 0.202. The van der Waals surface area contributed by atoms with Crippen molar-refractivity contribution >= 4 is 21.9 Å². The van der Waals surface area contributed by atoms with Crippen molar-refractivity contribution in [2.75, 3.05) is 7.11 Å². The van der Waals surface area contributed by atoms with Crippen molar-refractivity contribution in [3.63, 3.8) is 0 Å². The number of benzene rings is 1. The summed E-state index contributed by atoms with van der Waals surface area (Å²) in [5.41, 5.74) is 4.50. The zero-order valence-corrected chi connectivity index (χ0v) is 13.8. The van der Waals surface area contributed by atoms with Crippen LogP contribution in [0.3, 0.4) is 0 Å². The average Bonchev–Trinajstić information content (AvgIpc) is 2.45. The van der Waals surface area contributed by atoms with Crippen molar-refractivity contribution in [3.05, 3.63) is 29.3 Å². The first-order valence-corrected chi connectivity index (χ1v) is 8.08. The lowest BCUT2D eigenvalue weighted by atomic mass is 10.0. The molecule has 0 aliphatic heterocycles. The van der Waals surface area contributed by atoms with E-state index < -0.39 is 27.4 Å². The van der Waals surface area contributed by atoms with E-state index in [1.165, 1.54) is 32.2 Å². The van der Waals surface area contributed by atoms with Gasteiger partial charge in [0.1, 0.15) is 5.54 Å². The van der Waals surface area contributed by atoms with Crippen LogP contribution in [-0.4, -0.2) is 32.9 Å². The molecule has 0 saturated heterocycles. The van der Waals surface area contributed by atoms with Crippen LogP contribution in [0.5, 0.6) is 0 Å². The molecule has 0 bridgehead atoms. The number of primary amides is 1. The van der Waals surface area contributed by atoms with Gasteiger partial charge in [-0.25, -0.2) is 8.42 Å². The van der Waals surface area contributed by atoms with Gasteiger partial charge in [0, 0.05) is 5.56 Å². The first-order valence-electron chi connectivity index (χ1n) is 6.60. The molecule has 0 saturated carbocycles. The number of aryl methyl sites for hydroxylation is 1. The Kier molecular flexibility index (Phi) is 5.31. The lowest BCUT2D eigenvalue weighted by Crippen LogP contribution is -2.52. The molecule has 7 nitrogen and oxygen atoms in total. The third-order valence-corrected chi connectivity index (χ3v) is 5.08. The van der Waals surface area contributed by atoms with Crippen molar-refractivity contribution < 1.29 is 22.7 Å². The summed E-state index contributed by atoms with van der Waals surface area (Å²) < 4.78 is 31.8. The quantitative estimate of drug-likeness (QED) is 0.746. The standard InChI is InChI=1S/C14H20N2O5S/c1-5-14(3,13(18)21-4)16-22(19,20)10-7-6-9(2)11(8-10)12(15)17/h6-8,16H,5H2,1-4H3,(H2,15,17)/t14-/m0/s1. The molecule has 1 rings (SSSR count). The van der Waals surface area contributed by atoms with Gasteiger partial charge in [0.25, 0.3) is 0 Å². The third-order valence-electron chi connectivity index (χ3n) is 3.49. The molecule has 0 aliphatic carbocycles. The predicted molar refractivity (Wildman–Crippen MR) is 80.7 cm³/mol. The van der Waals surface area contributed by atoms with E-state index in [1.54, 1.807) is 13.8 Å². The zero-order chi connectivity index (χ0) is 17.1. The van der Waals surface area contributed by atoms with Crippen LogP contribution in [0.1, 0.15) is 36.2 Å². The first-order chi connectivity index (χ1) is 10.1. The van der Waals surface area contributed by atoms with Gasteiger partial charge in [-0.1, -0.05) is 13.0 Å². The lowest BCUT2D eigenvalue weighted by Gasteiger charge is -2.26. The fourth-order valence-electron chi connectivity index (χ4n) is 1.87. The first kappa shape index (κ1) is 18.1. The van der Waals surface area contributed by atoms with E-state index in [-0.39, 0.29) is 16.9 Å². The molecular weight excluding hydrogens is 308 g/mol. The number of nitrogens with one attached hydrogen (secondary N) is 1. The highest BCUT2D eigenvalue weighted by Crippen LogP contribution is 2.20. The van der Waals surface area contributed by atoms with Gasteiger partial charge in [0.2, 0.25) is 15.9 Å². The van der Waals surface area contributed by atoms with Crippen LogP contribution >= 0.6 is 0 Å². The number of methoxy groups -OCH3 is 1. The van der Waals surface area contributed by atoms with Crippen molar-refractivity contribution in [3.8, 4) is 0 Å². The second-order valence-corrected chi connectivity index (χ2v) is 6.81. The molecule has 122 valence electrons. The summed E-state index contributed by atoms with van der Waals surface area (Å²) in [5.74, 6) is -1.42. The Balaban J connectivity index is 3.28. The topological polar surface area (TPSA) is 116 Å². The summed E-state index contributed by atoms with van der Waals surface area (Å²) in [6, 6.07) is 4.01. The van der Waals surface area contributed by atoms with Crippen LogP contribution in [0.25, 0.3) is 0 Å². The Labute approximate surface area is 129 Å². The second kappa shape index (κ2) is 6.45. The van der Waals surface area contributed by atoms with Crippen molar-refractivity contribution in [2.24, 2.45) is 5.73 Å². The van der Waals surface area contributed by atoms with E-state index in [2.05, 4.69) is 9.46 Å². The largest absolute Gasteiger partial charge is 0.468 e. The molecule has 0 spiro atoms. The average molecular weight is 328 g/mol. The number of esters is 1. The van der Waals surface area contributed by atoms with E-state index in [9.17, 15) is 18.0 Å². The molecule has 0 radical (unpaired) electrons. The third kappa shape index (κ3) is 3.63. The molecule has 0 aliphatic rings. The molecule has 0 aromatic heterocycles. The summed E-state index contributed by atoms with van der Waals surface area (Å²) in [6.45, 7) is 4.73.